The Balaban J connectivity index is 1.49. The fourth-order valence-corrected chi connectivity index (χ4v) is 4.67. The quantitative estimate of drug-likeness (QED) is 0.761. The number of aryl methyl sites for hydroxylation is 1. The lowest BCUT2D eigenvalue weighted by molar-refractivity contribution is -0.132. The van der Waals surface area contributed by atoms with Gasteiger partial charge in [0.25, 0.3) is 0 Å². The van der Waals surface area contributed by atoms with E-state index < -0.39 is 10.0 Å². The Morgan fingerprint density at radius 1 is 0.889 bits per heavy atom. The standard InChI is InChI=1S/C20H23FN2O3S/c21-19-9-6-17(7-10-19)8-11-20(24)22-12-14-23(15-13-22)27(25,26)16-18-4-2-1-3-5-18/h1-7,9-10H,8,11-16H2. The van der Waals surface area contributed by atoms with E-state index in [-0.39, 0.29) is 17.5 Å². The molecule has 0 saturated carbocycles. The molecule has 1 aliphatic heterocycles. The van der Waals surface area contributed by atoms with Gasteiger partial charge in [0.05, 0.1) is 5.75 Å². The number of carbonyl (C=O) groups excluding carboxylic acids is 1. The smallest absolute Gasteiger partial charge is 0.222 e. The van der Waals surface area contributed by atoms with E-state index >= 15 is 0 Å². The first-order chi connectivity index (χ1) is 12.9. The zero-order chi connectivity index (χ0) is 19.3. The van der Waals surface area contributed by atoms with Crippen LogP contribution in [-0.4, -0.2) is 49.7 Å². The molecular weight excluding hydrogens is 367 g/mol. The molecule has 5 nitrogen and oxygen atoms in total. The number of hydrogen-bond donors (Lipinski definition) is 0. The molecule has 1 fully saturated rings. The molecule has 0 radical (unpaired) electrons. The van der Waals surface area contributed by atoms with E-state index in [0.29, 0.717) is 39.0 Å². The van der Waals surface area contributed by atoms with Crippen LogP contribution in [-0.2, 0) is 27.0 Å². The number of carbonyl (C=O) groups is 1. The fourth-order valence-electron chi connectivity index (χ4n) is 3.15. The summed E-state index contributed by atoms with van der Waals surface area (Å²) in [4.78, 5) is 14.1. The third kappa shape index (κ3) is 5.37. The molecule has 1 heterocycles. The van der Waals surface area contributed by atoms with Crippen LogP contribution in [0.4, 0.5) is 4.39 Å². The zero-order valence-electron chi connectivity index (χ0n) is 15.1. The number of amides is 1. The highest BCUT2D eigenvalue weighted by Gasteiger charge is 2.28. The first-order valence-electron chi connectivity index (χ1n) is 8.98. The lowest BCUT2D eigenvalue weighted by Crippen LogP contribution is -2.50. The third-order valence-electron chi connectivity index (χ3n) is 4.72. The lowest BCUT2D eigenvalue weighted by Gasteiger charge is -2.34. The Hall–Kier alpha value is -2.25. The van der Waals surface area contributed by atoms with E-state index in [0.717, 1.165) is 11.1 Å². The van der Waals surface area contributed by atoms with Crippen molar-refractivity contribution in [2.45, 2.75) is 18.6 Å². The summed E-state index contributed by atoms with van der Waals surface area (Å²) >= 11 is 0. The first-order valence-corrected chi connectivity index (χ1v) is 10.6. The van der Waals surface area contributed by atoms with Crippen LogP contribution in [0.1, 0.15) is 17.5 Å². The Morgan fingerprint density at radius 3 is 2.15 bits per heavy atom. The molecule has 0 unspecified atom stereocenters. The van der Waals surface area contributed by atoms with Crippen LogP contribution < -0.4 is 0 Å². The molecule has 0 atom stereocenters. The van der Waals surface area contributed by atoms with Crippen molar-refractivity contribution >= 4 is 15.9 Å². The van der Waals surface area contributed by atoms with Gasteiger partial charge in [-0.2, -0.15) is 4.31 Å². The summed E-state index contributed by atoms with van der Waals surface area (Å²) in [6, 6.07) is 15.2. The summed E-state index contributed by atoms with van der Waals surface area (Å²) in [5, 5.41) is 0. The molecule has 0 N–H and O–H groups in total. The Bertz CT molecular complexity index is 862. The first kappa shape index (κ1) is 19.5. The number of rotatable bonds is 6. The average molecular weight is 390 g/mol. The highest BCUT2D eigenvalue weighted by atomic mass is 32.2. The maximum Gasteiger partial charge on any atom is 0.222 e. The van der Waals surface area contributed by atoms with Crippen LogP contribution >= 0.6 is 0 Å². The molecule has 144 valence electrons. The predicted octanol–water partition coefficient (Wildman–Crippen LogP) is 2.43. The van der Waals surface area contributed by atoms with Gasteiger partial charge in [-0.25, -0.2) is 12.8 Å². The van der Waals surface area contributed by atoms with Crippen molar-refractivity contribution in [3.63, 3.8) is 0 Å². The van der Waals surface area contributed by atoms with Crippen LogP contribution in [0.2, 0.25) is 0 Å². The number of hydrogen-bond acceptors (Lipinski definition) is 3. The summed E-state index contributed by atoms with van der Waals surface area (Å²) < 4.78 is 39.5. The van der Waals surface area contributed by atoms with E-state index in [1.807, 2.05) is 18.2 Å². The van der Waals surface area contributed by atoms with Crippen LogP contribution in [0, 0.1) is 5.82 Å². The zero-order valence-corrected chi connectivity index (χ0v) is 15.9. The molecule has 7 heteroatoms. The molecule has 1 amide bonds. The molecule has 1 aliphatic rings. The minimum Gasteiger partial charge on any atom is -0.340 e. The summed E-state index contributed by atoms with van der Waals surface area (Å²) in [6.07, 6.45) is 0.883. The van der Waals surface area contributed by atoms with Gasteiger partial charge in [0.2, 0.25) is 15.9 Å². The fraction of sp³-hybridized carbons (Fsp3) is 0.350. The molecule has 0 aromatic heterocycles. The second kappa shape index (κ2) is 8.63. The minimum atomic E-state index is -3.39. The van der Waals surface area contributed by atoms with Gasteiger partial charge < -0.3 is 4.90 Å². The molecule has 1 saturated heterocycles. The lowest BCUT2D eigenvalue weighted by atomic mass is 10.1. The minimum absolute atomic E-state index is 0.000526. The molecule has 2 aromatic rings. The highest BCUT2D eigenvalue weighted by Crippen LogP contribution is 2.15. The second-order valence-corrected chi connectivity index (χ2v) is 8.62. The van der Waals surface area contributed by atoms with Gasteiger partial charge >= 0.3 is 0 Å². The van der Waals surface area contributed by atoms with Gasteiger partial charge in [-0.1, -0.05) is 42.5 Å². The van der Waals surface area contributed by atoms with E-state index in [1.54, 1.807) is 29.2 Å². The number of benzene rings is 2. The average Bonchev–Trinajstić information content (AvgIpc) is 2.68. The van der Waals surface area contributed by atoms with E-state index in [4.69, 9.17) is 0 Å². The van der Waals surface area contributed by atoms with Crippen LogP contribution in [0.15, 0.2) is 54.6 Å². The molecule has 3 rings (SSSR count). The van der Waals surface area contributed by atoms with E-state index in [2.05, 4.69) is 0 Å². The van der Waals surface area contributed by atoms with Gasteiger partial charge in [0.1, 0.15) is 5.82 Å². The van der Waals surface area contributed by atoms with Crippen LogP contribution in [0.3, 0.4) is 0 Å². The van der Waals surface area contributed by atoms with Gasteiger partial charge in [-0.05, 0) is 29.7 Å². The van der Waals surface area contributed by atoms with Gasteiger partial charge in [-0.15, -0.1) is 0 Å². The van der Waals surface area contributed by atoms with Crippen molar-refractivity contribution in [3.8, 4) is 0 Å². The van der Waals surface area contributed by atoms with Crippen LogP contribution in [0.25, 0.3) is 0 Å². The normalized spacial score (nSPS) is 15.7. The second-order valence-electron chi connectivity index (χ2n) is 6.65. The summed E-state index contributed by atoms with van der Waals surface area (Å²) in [5.41, 5.74) is 1.67. The maximum atomic E-state index is 12.9. The molecular formula is C20H23FN2O3S. The molecule has 0 spiro atoms. The monoisotopic (exact) mass is 390 g/mol. The van der Waals surface area contributed by atoms with Gasteiger partial charge in [-0.3, -0.25) is 4.79 Å². The maximum absolute atomic E-state index is 12.9. The largest absolute Gasteiger partial charge is 0.340 e. The van der Waals surface area contributed by atoms with Crippen molar-refractivity contribution in [1.29, 1.82) is 0 Å². The number of piperazine rings is 1. The molecule has 2 aromatic carbocycles. The van der Waals surface area contributed by atoms with Crippen molar-refractivity contribution in [2.24, 2.45) is 0 Å². The summed E-state index contributed by atoms with van der Waals surface area (Å²) in [7, 11) is -3.39. The number of sulfonamides is 1. The van der Waals surface area contributed by atoms with Crippen molar-refractivity contribution in [3.05, 3.63) is 71.5 Å². The Labute approximate surface area is 159 Å². The van der Waals surface area contributed by atoms with E-state index in [1.165, 1.54) is 16.4 Å². The third-order valence-corrected chi connectivity index (χ3v) is 6.57. The van der Waals surface area contributed by atoms with Crippen molar-refractivity contribution in [1.82, 2.24) is 9.21 Å². The molecule has 27 heavy (non-hydrogen) atoms. The molecule has 0 aliphatic carbocycles. The van der Waals surface area contributed by atoms with Gasteiger partial charge in [0, 0.05) is 32.6 Å². The van der Waals surface area contributed by atoms with E-state index in [9.17, 15) is 17.6 Å². The summed E-state index contributed by atoms with van der Waals surface area (Å²) in [5.74, 6) is -0.316. The van der Waals surface area contributed by atoms with Gasteiger partial charge in [0.15, 0.2) is 0 Å². The number of nitrogens with zero attached hydrogens (tertiary/aromatic N) is 2. The Morgan fingerprint density at radius 2 is 1.52 bits per heavy atom. The van der Waals surface area contributed by atoms with Crippen molar-refractivity contribution < 1.29 is 17.6 Å². The predicted molar refractivity (Wildman–Crippen MR) is 102 cm³/mol. The summed E-state index contributed by atoms with van der Waals surface area (Å²) in [6.45, 7) is 1.43. The topological polar surface area (TPSA) is 57.7 Å². The van der Waals surface area contributed by atoms with Crippen molar-refractivity contribution in [2.75, 3.05) is 26.2 Å². The SMILES string of the molecule is O=C(CCc1ccc(F)cc1)N1CCN(S(=O)(=O)Cc2ccccc2)CC1. The Kier molecular flexibility index (Phi) is 6.23. The van der Waals surface area contributed by atoms with Crippen LogP contribution in [0.5, 0.6) is 0 Å². The number of halogens is 1. The molecule has 0 bridgehead atoms. The highest BCUT2D eigenvalue weighted by molar-refractivity contribution is 7.88.